The van der Waals surface area contributed by atoms with E-state index in [1.807, 2.05) is 0 Å². The minimum absolute atomic E-state index is 0.0885. The highest BCUT2D eigenvalue weighted by Gasteiger charge is 2.34. The molecule has 1 heterocycles. The van der Waals surface area contributed by atoms with Crippen LogP contribution in [0.4, 0.5) is 13.2 Å². The number of rotatable bonds is 3. The van der Waals surface area contributed by atoms with Crippen LogP contribution in [0.1, 0.15) is 23.0 Å². The van der Waals surface area contributed by atoms with E-state index in [1.165, 1.54) is 12.1 Å². The summed E-state index contributed by atoms with van der Waals surface area (Å²) in [5.41, 5.74) is -2.36. The number of para-hydroxylation sites is 1. The van der Waals surface area contributed by atoms with Crippen molar-refractivity contribution in [2.24, 2.45) is 0 Å². The second kappa shape index (κ2) is 5.47. The Hall–Kier alpha value is -2.51. The number of alkyl halides is 3. The van der Waals surface area contributed by atoms with Crippen LogP contribution < -0.4 is 5.56 Å². The van der Waals surface area contributed by atoms with E-state index >= 15 is 0 Å². The SMILES string of the molecule is CCOC(=O)c1cc(=O)n(-c2ccccc2C(F)(F)F)[nH]1. The fraction of sp³-hybridized carbons (Fsp3) is 0.231. The molecule has 5 nitrogen and oxygen atoms in total. The summed E-state index contributed by atoms with van der Waals surface area (Å²) in [4.78, 5) is 23.3. The number of aromatic amines is 1. The number of nitrogens with zero attached hydrogens (tertiary/aromatic N) is 1. The van der Waals surface area contributed by atoms with Crippen LogP contribution in [-0.2, 0) is 10.9 Å². The smallest absolute Gasteiger partial charge is 0.418 e. The Morgan fingerprint density at radius 1 is 1.33 bits per heavy atom. The van der Waals surface area contributed by atoms with E-state index in [1.54, 1.807) is 6.92 Å². The molecule has 0 aliphatic heterocycles. The predicted molar refractivity (Wildman–Crippen MR) is 67.3 cm³/mol. The lowest BCUT2D eigenvalue weighted by molar-refractivity contribution is -0.137. The Morgan fingerprint density at radius 2 is 2.00 bits per heavy atom. The topological polar surface area (TPSA) is 64.1 Å². The molecule has 0 atom stereocenters. The third-order valence-electron chi connectivity index (χ3n) is 2.67. The van der Waals surface area contributed by atoms with Crippen LogP contribution in [0.3, 0.4) is 0 Å². The Balaban J connectivity index is 2.54. The summed E-state index contributed by atoms with van der Waals surface area (Å²) >= 11 is 0. The van der Waals surface area contributed by atoms with Crippen molar-refractivity contribution in [1.82, 2.24) is 9.78 Å². The first-order valence-corrected chi connectivity index (χ1v) is 6.00. The van der Waals surface area contributed by atoms with Crippen LogP contribution in [0.15, 0.2) is 35.1 Å². The number of aromatic nitrogens is 2. The fourth-order valence-corrected chi connectivity index (χ4v) is 1.80. The van der Waals surface area contributed by atoms with E-state index in [9.17, 15) is 22.8 Å². The minimum atomic E-state index is -4.62. The monoisotopic (exact) mass is 300 g/mol. The number of hydrogen-bond acceptors (Lipinski definition) is 3. The number of esters is 1. The van der Waals surface area contributed by atoms with Gasteiger partial charge in [-0.2, -0.15) is 13.2 Å². The zero-order valence-electron chi connectivity index (χ0n) is 10.9. The van der Waals surface area contributed by atoms with Gasteiger partial charge in [0.15, 0.2) is 0 Å². The molecule has 21 heavy (non-hydrogen) atoms. The van der Waals surface area contributed by atoms with E-state index in [0.717, 1.165) is 18.2 Å². The minimum Gasteiger partial charge on any atom is -0.461 e. The van der Waals surface area contributed by atoms with Gasteiger partial charge in [0.05, 0.1) is 17.9 Å². The molecule has 112 valence electrons. The van der Waals surface area contributed by atoms with Crippen LogP contribution in [0.2, 0.25) is 0 Å². The molecule has 0 unspecified atom stereocenters. The zero-order valence-corrected chi connectivity index (χ0v) is 10.9. The van der Waals surface area contributed by atoms with Gasteiger partial charge in [-0.05, 0) is 19.1 Å². The van der Waals surface area contributed by atoms with Gasteiger partial charge in [0.2, 0.25) is 0 Å². The number of H-pyrrole nitrogens is 1. The highest BCUT2D eigenvalue weighted by Crippen LogP contribution is 2.32. The molecular weight excluding hydrogens is 289 g/mol. The first-order valence-electron chi connectivity index (χ1n) is 6.00. The second-order valence-electron chi connectivity index (χ2n) is 4.08. The van der Waals surface area contributed by atoms with Gasteiger partial charge in [-0.3, -0.25) is 9.89 Å². The Labute approximate surface area is 116 Å². The Bertz CT molecular complexity index is 716. The van der Waals surface area contributed by atoms with Crippen molar-refractivity contribution < 1.29 is 22.7 Å². The number of hydrogen-bond donors (Lipinski definition) is 1. The molecule has 0 radical (unpaired) electrons. The van der Waals surface area contributed by atoms with Crippen molar-refractivity contribution in [3.05, 3.63) is 51.9 Å². The lowest BCUT2D eigenvalue weighted by atomic mass is 10.2. The van der Waals surface area contributed by atoms with E-state index in [4.69, 9.17) is 0 Å². The molecule has 0 aliphatic rings. The average Bonchev–Trinajstić information content (AvgIpc) is 2.80. The molecule has 0 bridgehead atoms. The van der Waals surface area contributed by atoms with Gasteiger partial charge in [-0.15, -0.1) is 0 Å². The second-order valence-corrected chi connectivity index (χ2v) is 4.08. The largest absolute Gasteiger partial charge is 0.461 e. The lowest BCUT2D eigenvalue weighted by Gasteiger charge is -2.12. The maximum Gasteiger partial charge on any atom is 0.418 e. The first-order chi connectivity index (χ1) is 9.84. The van der Waals surface area contributed by atoms with Crippen LogP contribution in [0, 0.1) is 0 Å². The van der Waals surface area contributed by atoms with E-state index < -0.39 is 23.3 Å². The molecule has 0 saturated carbocycles. The van der Waals surface area contributed by atoms with Gasteiger partial charge in [0.25, 0.3) is 5.56 Å². The fourth-order valence-electron chi connectivity index (χ4n) is 1.80. The maximum absolute atomic E-state index is 12.9. The Morgan fingerprint density at radius 3 is 2.62 bits per heavy atom. The number of carbonyl (C=O) groups excluding carboxylic acids is 1. The zero-order chi connectivity index (χ0) is 15.6. The summed E-state index contributed by atoms with van der Waals surface area (Å²) in [7, 11) is 0. The number of halogens is 3. The summed E-state index contributed by atoms with van der Waals surface area (Å²) in [6, 6.07) is 5.46. The van der Waals surface area contributed by atoms with E-state index in [-0.39, 0.29) is 18.0 Å². The first kappa shape index (κ1) is 14.9. The lowest BCUT2D eigenvalue weighted by Crippen LogP contribution is -2.19. The Kier molecular flexibility index (Phi) is 3.88. The van der Waals surface area contributed by atoms with Crippen molar-refractivity contribution >= 4 is 5.97 Å². The number of ether oxygens (including phenoxy) is 1. The average molecular weight is 300 g/mol. The summed E-state index contributed by atoms with van der Waals surface area (Å²) in [5, 5.41) is 2.32. The van der Waals surface area contributed by atoms with Gasteiger partial charge >= 0.3 is 12.1 Å². The molecule has 0 aliphatic carbocycles. The quantitative estimate of drug-likeness (QED) is 0.885. The summed E-state index contributed by atoms with van der Waals surface area (Å²) in [6.07, 6.45) is -4.62. The predicted octanol–water partition coefficient (Wildman–Crippen LogP) is 2.36. The van der Waals surface area contributed by atoms with Crippen molar-refractivity contribution in [3.8, 4) is 5.69 Å². The molecule has 1 N–H and O–H groups in total. The maximum atomic E-state index is 12.9. The highest BCUT2D eigenvalue weighted by molar-refractivity contribution is 5.87. The van der Waals surface area contributed by atoms with Gasteiger partial charge < -0.3 is 4.74 Å². The van der Waals surface area contributed by atoms with E-state index in [0.29, 0.717) is 4.68 Å². The molecule has 8 heteroatoms. The van der Waals surface area contributed by atoms with Gasteiger partial charge in [0, 0.05) is 6.07 Å². The number of carbonyl (C=O) groups is 1. The van der Waals surface area contributed by atoms with Crippen molar-refractivity contribution in [3.63, 3.8) is 0 Å². The summed E-state index contributed by atoms with van der Waals surface area (Å²) < 4.78 is 44.1. The van der Waals surface area contributed by atoms with Crippen molar-refractivity contribution in [2.45, 2.75) is 13.1 Å². The molecule has 1 aromatic heterocycles. The molecule has 2 rings (SSSR count). The molecule has 1 aromatic carbocycles. The van der Waals surface area contributed by atoms with Crippen LogP contribution in [-0.4, -0.2) is 22.4 Å². The molecule has 0 fully saturated rings. The normalized spacial score (nSPS) is 11.4. The van der Waals surface area contributed by atoms with Crippen LogP contribution >= 0.6 is 0 Å². The summed E-state index contributed by atoms with van der Waals surface area (Å²) in [6.45, 7) is 1.66. The molecule has 0 spiro atoms. The third-order valence-corrected chi connectivity index (χ3v) is 2.67. The number of nitrogens with one attached hydrogen (secondary N) is 1. The highest BCUT2D eigenvalue weighted by atomic mass is 19.4. The summed E-state index contributed by atoms with van der Waals surface area (Å²) in [5.74, 6) is -0.808. The van der Waals surface area contributed by atoms with Crippen molar-refractivity contribution in [2.75, 3.05) is 6.61 Å². The molecule has 0 amide bonds. The van der Waals surface area contributed by atoms with Crippen LogP contribution in [0.25, 0.3) is 5.69 Å². The van der Waals surface area contributed by atoms with Crippen molar-refractivity contribution in [1.29, 1.82) is 0 Å². The molecule has 0 saturated heterocycles. The van der Waals surface area contributed by atoms with E-state index in [2.05, 4.69) is 9.84 Å². The van der Waals surface area contributed by atoms with Gasteiger partial charge in [-0.1, -0.05) is 12.1 Å². The van der Waals surface area contributed by atoms with Gasteiger partial charge in [-0.25, -0.2) is 9.48 Å². The molecular formula is C13H11F3N2O3. The third kappa shape index (κ3) is 2.99. The van der Waals surface area contributed by atoms with Crippen LogP contribution in [0.5, 0.6) is 0 Å². The molecule has 2 aromatic rings. The standard InChI is InChI=1S/C13H11F3N2O3/c1-2-21-12(20)9-7-11(19)18(17-9)10-6-4-3-5-8(10)13(14,15)16/h3-7,17H,2H2,1H3. The number of benzene rings is 1. The van der Waals surface area contributed by atoms with Gasteiger partial charge in [0.1, 0.15) is 5.69 Å².